The molecule has 3 heterocycles. The zero-order valence-corrected chi connectivity index (χ0v) is 20.6. The van der Waals surface area contributed by atoms with Gasteiger partial charge in [0.1, 0.15) is 16.9 Å². The van der Waals surface area contributed by atoms with Crippen LogP contribution in [0.15, 0.2) is 65.5 Å². The number of nitrogens with one attached hydrogen (secondary N) is 2. The summed E-state index contributed by atoms with van der Waals surface area (Å²) < 4.78 is 13.5. The highest BCUT2D eigenvalue weighted by Crippen LogP contribution is 2.38. The van der Waals surface area contributed by atoms with Gasteiger partial charge in [0.25, 0.3) is 5.91 Å². The number of oxazole rings is 1. The number of para-hydroxylation sites is 3. The first-order chi connectivity index (χ1) is 17.9. The average Bonchev–Trinajstić information content (AvgIpc) is 3.50. The van der Waals surface area contributed by atoms with E-state index in [9.17, 15) is 4.79 Å². The van der Waals surface area contributed by atoms with E-state index >= 15 is 0 Å². The van der Waals surface area contributed by atoms with Crippen LogP contribution in [0.2, 0.25) is 0 Å². The standard InChI is InChI=1S/C26H26N8O3/c1-15(2)13-34-14-16(11-29-34)30-26-28-12-18(23(27)35)24(33-26)31-20-9-6-7-17(22(20)36-3)25-32-19-8-4-5-10-21(19)37-25/h4-12,14-15H,13H2,1-3H3,(H2,27,35)(H2,28,30,31,33). The molecule has 3 aromatic heterocycles. The summed E-state index contributed by atoms with van der Waals surface area (Å²) in [4.78, 5) is 25.5. The van der Waals surface area contributed by atoms with Crippen molar-refractivity contribution in [2.24, 2.45) is 11.7 Å². The van der Waals surface area contributed by atoms with Crippen molar-refractivity contribution in [1.29, 1.82) is 0 Å². The SMILES string of the molecule is COc1c(Nc2nc(Nc3cnn(CC(C)C)c3)ncc2C(N)=O)cccc1-c1nc2ccccc2o1. The molecule has 11 nitrogen and oxygen atoms in total. The number of nitrogens with two attached hydrogens (primary N) is 1. The second-order valence-electron chi connectivity index (χ2n) is 8.79. The van der Waals surface area contributed by atoms with Gasteiger partial charge in [0.2, 0.25) is 11.8 Å². The molecule has 0 saturated heterocycles. The van der Waals surface area contributed by atoms with Gasteiger partial charge >= 0.3 is 0 Å². The minimum absolute atomic E-state index is 0.121. The van der Waals surface area contributed by atoms with Crippen molar-refractivity contribution < 1.29 is 13.9 Å². The lowest BCUT2D eigenvalue weighted by molar-refractivity contribution is 0.100. The van der Waals surface area contributed by atoms with Gasteiger partial charge in [0.05, 0.1) is 30.2 Å². The Bertz CT molecular complexity index is 1540. The summed E-state index contributed by atoms with van der Waals surface area (Å²) in [5.74, 6) is 1.13. The number of amides is 1. The molecule has 2 aromatic carbocycles. The van der Waals surface area contributed by atoms with Crippen LogP contribution < -0.4 is 21.1 Å². The molecule has 0 unspecified atom stereocenters. The van der Waals surface area contributed by atoms with E-state index in [0.717, 1.165) is 12.1 Å². The largest absolute Gasteiger partial charge is 0.494 e. The summed E-state index contributed by atoms with van der Waals surface area (Å²) in [5, 5.41) is 10.6. The first-order valence-electron chi connectivity index (χ1n) is 11.7. The second-order valence-corrected chi connectivity index (χ2v) is 8.79. The third-order valence-corrected chi connectivity index (χ3v) is 5.49. The van der Waals surface area contributed by atoms with E-state index in [-0.39, 0.29) is 17.3 Å². The Hall–Kier alpha value is -4.93. The molecule has 0 bridgehead atoms. The Morgan fingerprint density at radius 3 is 2.70 bits per heavy atom. The number of aromatic nitrogens is 5. The first-order valence-corrected chi connectivity index (χ1v) is 11.7. The maximum atomic E-state index is 12.1. The number of primary amides is 1. The van der Waals surface area contributed by atoms with Crippen LogP contribution in [0.1, 0.15) is 24.2 Å². The molecule has 37 heavy (non-hydrogen) atoms. The van der Waals surface area contributed by atoms with Crippen LogP contribution in [0.3, 0.4) is 0 Å². The number of hydrogen-bond donors (Lipinski definition) is 3. The first kappa shape index (κ1) is 23.8. The van der Waals surface area contributed by atoms with Crippen LogP contribution in [-0.2, 0) is 6.54 Å². The van der Waals surface area contributed by atoms with Crippen LogP contribution in [0.4, 0.5) is 23.1 Å². The van der Waals surface area contributed by atoms with E-state index in [2.05, 4.69) is 44.5 Å². The summed E-state index contributed by atoms with van der Waals surface area (Å²) in [6.45, 7) is 5.02. The molecule has 0 aliphatic heterocycles. The van der Waals surface area contributed by atoms with Crippen LogP contribution >= 0.6 is 0 Å². The van der Waals surface area contributed by atoms with Gasteiger partial charge in [-0.2, -0.15) is 10.1 Å². The summed E-state index contributed by atoms with van der Waals surface area (Å²) >= 11 is 0. The molecule has 0 radical (unpaired) electrons. The van der Waals surface area contributed by atoms with E-state index in [0.29, 0.717) is 40.1 Å². The molecule has 4 N–H and O–H groups in total. The van der Waals surface area contributed by atoms with Gasteiger partial charge in [-0.25, -0.2) is 9.97 Å². The Labute approximate surface area is 212 Å². The number of ether oxygens (including phenoxy) is 1. The van der Waals surface area contributed by atoms with Crippen molar-refractivity contribution in [3.8, 4) is 17.2 Å². The molecule has 0 atom stereocenters. The van der Waals surface area contributed by atoms with Crippen molar-refractivity contribution in [3.63, 3.8) is 0 Å². The predicted octanol–water partition coefficient (Wildman–Crippen LogP) is 4.73. The quantitative estimate of drug-likeness (QED) is 0.262. The summed E-state index contributed by atoms with van der Waals surface area (Å²) in [6.07, 6.45) is 4.93. The van der Waals surface area contributed by atoms with Gasteiger partial charge in [0.15, 0.2) is 11.3 Å². The van der Waals surface area contributed by atoms with Gasteiger partial charge in [-0.15, -0.1) is 0 Å². The lowest BCUT2D eigenvalue weighted by atomic mass is 10.1. The molecule has 0 aliphatic rings. The lowest BCUT2D eigenvalue weighted by Gasteiger charge is -2.15. The van der Waals surface area contributed by atoms with E-state index in [4.69, 9.17) is 14.9 Å². The highest BCUT2D eigenvalue weighted by atomic mass is 16.5. The summed E-state index contributed by atoms with van der Waals surface area (Å²) in [6, 6.07) is 13.0. The minimum Gasteiger partial charge on any atom is -0.494 e. The third kappa shape index (κ3) is 5.06. The fourth-order valence-electron chi connectivity index (χ4n) is 3.89. The smallest absolute Gasteiger partial charge is 0.254 e. The molecule has 0 fully saturated rings. The average molecular weight is 499 g/mol. The molecule has 1 amide bonds. The predicted molar refractivity (Wildman–Crippen MR) is 140 cm³/mol. The number of fused-ring (bicyclic) bond motifs is 1. The number of carbonyl (C=O) groups is 1. The summed E-state index contributed by atoms with van der Waals surface area (Å²) in [5.41, 5.74) is 9.02. The van der Waals surface area contributed by atoms with Crippen molar-refractivity contribution in [2.45, 2.75) is 20.4 Å². The second kappa shape index (κ2) is 9.97. The number of benzene rings is 2. The molecule has 5 rings (SSSR count). The Balaban J connectivity index is 1.48. The topological polar surface area (TPSA) is 146 Å². The van der Waals surface area contributed by atoms with E-state index in [1.165, 1.54) is 6.20 Å². The van der Waals surface area contributed by atoms with Crippen LogP contribution in [0.5, 0.6) is 5.75 Å². The fourth-order valence-corrected chi connectivity index (χ4v) is 3.89. The highest BCUT2D eigenvalue weighted by molar-refractivity contribution is 5.98. The monoisotopic (exact) mass is 498 g/mol. The normalized spacial score (nSPS) is 11.1. The number of carbonyl (C=O) groups excluding carboxylic acids is 1. The van der Waals surface area contributed by atoms with Gasteiger partial charge in [-0.1, -0.05) is 32.0 Å². The minimum atomic E-state index is -0.673. The van der Waals surface area contributed by atoms with Gasteiger partial charge in [-0.3, -0.25) is 9.48 Å². The van der Waals surface area contributed by atoms with E-state index in [1.54, 1.807) is 19.4 Å². The molecule has 5 aromatic rings. The zero-order chi connectivity index (χ0) is 25.9. The summed E-state index contributed by atoms with van der Waals surface area (Å²) in [7, 11) is 1.55. The molecule has 0 aliphatic carbocycles. The Kier molecular flexibility index (Phi) is 6.42. The number of rotatable bonds is 9. The van der Waals surface area contributed by atoms with Gasteiger partial charge in [0, 0.05) is 18.9 Å². The fraction of sp³-hybridized carbons (Fsp3) is 0.192. The zero-order valence-electron chi connectivity index (χ0n) is 20.6. The molecular formula is C26H26N8O3. The number of hydrogen-bond acceptors (Lipinski definition) is 9. The van der Waals surface area contributed by atoms with Crippen LogP contribution in [0, 0.1) is 5.92 Å². The van der Waals surface area contributed by atoms with Crippen molar-refractivity contribution in [2.75, 3.05) is 17.7 Å². The molecule has 0 saturated carbocycles. The van der Waals surface area contributed by atoms with Crippen molar-refractivity contribution >= 4 is 40.1 Å². The Morgan fingerprint density at radius 1 is 1.11 bits per heavy atom. The van der Waals surface area contributed by atoms with Gasteiger partial charge in [-0.05, 0) is 30.2 Å². The molecule has 188 valence electrons. The van der Waals surface area contributed by atoms with Gasteiger partial charge < -0.3 is 25.5 Å². The van der Waals surface area contributed by atoms with Crippen LogP contribution in [-0.4, -0.2) is 37.7 Å². The van der Waals surface area contributed by atoms with Crippen molar-refractivity contribution in [3.05, 3.63) is 66.6 Å². The molecular weight excluding hydrogens is 472 g/mol. The molecule has 11 heteroatoms. The lowest BCUT2D eigenvalue weighted by Crippen LogP contribution is -2.16. The van der Waals surface area contributed by atoms with E-state index < -0.39 is 5.91 Å². The number of methoxy groups -OCH3 is 1. The number of anilines is 4. The Morgan fingerprint density at radius 2 is 1.95 bits per heavy atom. The highest BCUT2D eigenvalue weighted by Gasteiger charge is 2.19. The third-order valence-electron chi connectivity index (χ3n) is 5.49. The maximum Gasteiger partial charge on any atom is 0.254 e. The molecule has 0 spiro atoms. The number of nitrogens with zero attached hydrogens (tertiary/aromatic N) is 5. The van der Waals surface area contributed by atoms with Crippen LogP contribution in [0.25, 0.3) is 22.6 Å². The van der Waals surface area contributed by atoms with Crippen molar-refractivity contribution in [1.82, 2.24) is 24.7 Å². The van der Waals surface area contributed by atoms with E-state index in [1.807, 2.05) is 47.3 Å². The maximum absolute atomic E-state index is 12.1.